The molecule has 164 valence electrons. The molecule has 30 heavy (non-hydrogen) atoms. The molecule has 10 heteroatoms. The lowest BCUT2D eigenvalue weighted by atomic mass is 10.2. The highest BCUT2D eigenvalue weighted by molar-refractivity contribution is 5.79. The number of rotatable bonds is 8. The van der Waals surface area contributed by atoms with Crippen LogP contribution in [-0.4, -0.2) is 55.3 Å². The monoisotopic (exact) mass is 425 g/mol. The zero-order valence-corrected chi connectivity index (χ0v) is 16.8. The van der Waals surface area contributed by atoms with E-state index in [-0.39, 0.29) is 11.9 Å². The minimum absolute atomic E-state index is 0.0644. The lowest BCUT2D eigenvalue weighted by Gasteiger charge is -2.26. The maximum Gasteiger partial charge on any atom is 0.422 e. The van der Waals surface area contributed by atoms with Gasteiger partial charge < -0.3 is 19.8 Å². The fraction of sp³-hybridized carbons (Fsp3) is 0.500. The van der Waals surface area contributed by atoms with Gasteiger partial charge in [0.1, 0.15) is 5.76 Å². The van der Waals surface area contributed by atoms with Crippen molar-refractivity contribution in [2.45, 2.75) is 31.6 Å². The van der Waals surface area contributed by atoms with Gasteiger partial charge in [0.05, 0.1) is 12.3 Å². The van der Waals surface area contributed by atoms with Crippen LogP contribution in [0.5, 0.6) is 5.88 Å². The van der Waals surface area contributed by atoms with E-state index in [1.165, 1.54) is 25.1 Å². The first-order chi connectivity index (χ1) is 14.4. The summed E-state index contributed by atoms with van der Waals surface area (Å²) < 4.78 is 46.8. The van der Waals surface area contributed by atoms with Crippen LogP contribution in [0.1, 0.15) is 30.2 Å². The van der Waals surface area contributed by atoms with Crippen LogP contribution in [0.3, 0.4) is 0 Å². The summed E-state index contributed by atoms with van der Waals surface area (Å²) in [5.41, 5.74) is 0.791. The van der Waals surface area contributed by atoms with E-state index in [9.17, 15) is 13.2 Å². The number of furan rings is 1. The number of hydrogen-bond acceptors (Lipinski definition) is 5. The Hall–Kier alpha value is -2.75. The van der Waals surface area contributed by atoms with Gasteiger partial charge >= 0.3 is 6.18 Å². The lowest BCUT2D eigenvalue weighted by molar-refractivity contribution is -0.154. The average Bonchev–Trinajstić information content (AvgIpc) is 3.44. The van der Waals surface area contributed by atoms with E-state index < -0.39 is 12.8 Å². The number of pyridine rings is 1. The molecule has 3 rings (SSSR count). The number of hydrogen-bond donors (Lipinski definition) is 2. The van der Waals surface area contributed by atoms with Crippen LogP contribution in [0, 0.1) is 0 Å². The van der Waals surface area contributed by atoms with Crippen molar-refractivity contribution in [2.24, 2.45) is 4.99 Å². The largest absolute Gasteiger partial charge is 0.468 e. The number of aromatic nitrogens is 1. The van der Waals surface area contributed by atoms with Gasteiger partial charge in [0.15, 0.2) is 12.6 Å². The van der Waals surface area contributed by atoms with Gasteiger partial charge in [0.2, 0.25) is 5.88 Å². The van der Waals surface area contributed by atoms with Crippen LogP contribution in [0.4, 0.5) is 13.2 Å². The zero-order chi connectivity index (χ0) is 21.4. The second-order valence-electron chi connectivity index (χ2n) is 6.99. The summed E-state index contributed by atoms with van der Waals surface area (Å²) in [6, 6.07) is 7.07. The SMILES string of the molecule is CN=C(NCc1ccc(OCC(F)(F)F)nc1)NCC(c1ccco1)N1CCCC1. The topological polar surface area (TPSA) is 74.9 Å². The number of aliphatic imine (C=N–C) groups is 1. The fourth-order valence-electron chi connectivity index (χ4n) is 3.30. The van der Waals surface area contributed by atoms with Gasteiger partial charge in [-0.25, -0.2) is 4.98 Å². The van der Waals surface area contributed by atoms with Crippen LogP contribution in [-0.2, 0) is 6.54 Å². The number of guanidine groups is 1. The molecule has 0 aliphatic carbocycles. The van der Waals surface area contributed by atoms with E-state index in [1.54, 1.807) is 19.4 Å². The molecular weight excluding hydrogens is 399 g/mol. The molecule has 0 radical (unpaired) electrons. The quantitative estimate of drug-likeness (QED) is 0.500. The number of nitrogens with zero attached hydrogens (tertiary/aromatic N) is 3. The normalized spacial score (nSPS) is 16.5. The molecule has 0 bridgehead atoms. The van der Waals surface area contributed by atoms with Crippen LogP contribution >= 0.6 is 0 Å². The number of nitrogens with one attached hydrogen (secondary N) is 2. The smallest absolute Gasteiger partial charge is 0.422 e. The van der Waals surface area contributed by atoms with E-state index in [1.807, 2.05) is 12.1 Å². The molecule has 2 N–H and O–H groups in total. The van der Waals surface area contributed by atoms with Crippen molar-refractivity contribution >= 4 is 5.96 Å². The first-order valence-electron chi connectivity index (χ1n) is 9.81. The summed E-state index contributed by atoms with van der Waals surface area (Å²) in [4.78, 5) is 10.5. The summed E-state index contributed by atoms with van der Waals surface area (Å²) in [5, 5.41) is 6.50. The molecule has 1 fully saturated rings. The van der Waals surface area contributed by atoms with E-state index >= 15 is 0 Å². The molecule has 2 aromatic heterocycles. The number of ether oxygens (including phenoxy) is 1. The maximum atomic E-state index is 12.2. The summed E-state index contributed by atoms with van der Waals surface area (Å²) in [6.07, 6.45) is 1.13. The Bertz CT molecular complexity index is 788. The molecule has 1 aliphatic heterocycles. The molecule has 2 aromatic rings. The van der Waals surface area contributed by atoms with Gasteiger partial charge in [0, 0.05) is 32.4 Å². The van der Waals surface area contributed by atoms with Crippen molar-refractivity contribution in [3.05, 3.63) is 48.0 Å². The molecule has 1 saturated heterocycles. The van der Waals surface area contributed by atoms with Gasteiger partial charge in [-0.3, -0.25) is 9.89 Å². The Morgan fingerprint density at radius 2 is 2.07 bits per heavy atom. The molecule has 0 amide bonds. The van der Waals surface area contributed by atoms with Crippen molar-refractivity contribution < 1.29 is 22.3 Å². The van der Waals surface area contributed by atoms with Gasteiger partial charge in [-0.15, -0.1) is 0 Å². The van der Waals surface area contributed by atoms with E-state index in [4.69, 9.17) is 4.42 Å². The summed E-state index contributed by atoms with van der Waals surface area (Å²) in [6.45, 7) is 1.76. The fourth-order valence-corrected chi connectivity index (χ4v) is 3.30. The van der Waals surface area contributed by atoms with Crippen LogP contribution in [0.2, 0.25) is 0 Å². The third kappa shape index (κ3) is 6.65. The molecule has 0 aromatic carbocycles. The molecule has 1 atom stereocenters. The van der Waals surface area contributed by atoms with Crippen LogP contribution in [0.25, 0.3) is 0 Å². The lowest BCUT2D eigenvalue weighted by Crippen LogP contribution is -2.42. The molecule has 3 heterocycles. The Labute approximate surface area is 173 Å². The predicted molar refractivity (Wildman–Crippen MR) is 106 cm³/mol. The van der Waals surface area contributed by atoms with Crippen LogP contribution in [0.15, 0.2) is 46.1 Å². The van der Waals surface area contributed by atoms with Gasteiger partial charge in [-0.05, 0) is 43.6 Å². The molecular formula is C20H26F3N5O2. The maximum absolute atomic E-state index is 12.2. The predicted octanol–water partition coefficient (Wildman–Crippen LogP) is 3.12. The minimum atomic E-state index is -4.39. The molecule has 1 unspecified atom stereocenters. The van der Waals surface area contributed by atoms with E-state index in [0.29, 0.717) is 19.0 Å². The van der Waals surface area contributed by atoms with Gasteiger partial charge in [-0.1, -0.05) is 6.07 Å². The van der Waals surface area contributed by atoms with Crippen molar-refractivity contribution in [3.63, 3.8) is 0 Å². The number of halogens is 3. The number of likely N-dealkylation sites (tertiary alicyclic amines) is 1. The Morgan fingerprint density at radius 3 is 2.67 bits per heavy atom. The Balaban J connectivity index is 1.49. The first kappa shape index (κ1) is 21.9. The van der Waals surface area contributed by atoms with Crippen molar-refractivity contribution in [2.75, 3.05) is 33.3 Å². The Kier molecular flexibility index (Phi) is 7.56. The van der Waals surface area contributed by atoms with Gasteiger partial charge in [-0.2, -0.15) is 13.2 Å². The number of alkyl halides is 3. The Morgan fingerprint density at radius 1 is 1.27 bits per heavy atom. The van der Waals surface area contributed by atoms with Crippen molar-refractivity contribution in [1.82, 2.24) is 20.5 Å². The molecule has 0 saturated carbocycles. The average molecular weight is 425 g/mol. The summed E-state index contributed by atoms with van der Waals surface area (Å²) >= 11 is 0. The highest BCUT2D eigenvalue weighted by Gasteiger charge is 2.28. The highest BCUT2D eigenvalue weighted by Crippen LogP contribution is 2.24. The van der Waals surface area contributed by atoms with Crippen LogP contribution < -0.4 is 15.4 Å². The standard InChI is InChI=1S/C20H26F3N5O2/c1-24-19(26-12-15-6-7-18(25-11-15)30-14-20(21,22)23)27-13-16(17-5-4-10-29-17)28-8-2-3-9-28/h4-7,10-11,16H,2-3,8-9,12-14H2,1H3,(H2,24,26,27). The molecule has 0 spiro atoms. The zero-order valence-electron chi connectivity index (χ0n) is 16.8. The first-order valence-corrected chi connectivity index (χ1v) is 9.81. The summed E-state index contributed by atoms with van der Waals surface area (Å²) in [7, 11) is 1.68. The molecule has 7 nitrogen and oxygen atoms in total. The second kappa shape index (κ2) is 10.3. The minimum Gasteiger partial charge on any atom is -0.468 e. The highest BCUT2D eigenvalue weighted by atomic mass is 19.4. The van der Waals surface area contributed by atoms with Crippen molar-refractivity contribution in [3.8, 4) is 5.88 Å². The third-order valence-corrected chi connectivity index (χ3v) is 4.78. The van der Waals surface area contributed by atoms with E-state index in [2.05, 4.69) is 30.2 Å². The van der Waals surface area contributed by atoms with E-state index in [0.717, 1.165) is 24.4 Å². The third-order valence-electron chi connectivity index (χ3n) is 4.78. The van der Waals surface area contributed by atoms with Gasteiger partial charge in [0.25, 0.3) is 0 Å². The summed E-state index contributed by atoms with van der Waals surface area (Å²) in [5.74, 6) is 1.46. The second-order valence-corrected chi connectivity index (χ2v) is 6.99. The van der Waals surface area contributed by atoms with Crippen molar-refractivity contribution in [1.29, 1.82) is 0 Å². The molecule has 1 aliphatic rings.